The minimum absolute atomic E-state index is 0.185. The smallest absolute Gasteiger partial charge is 0.274 e. The first-order valence-electron chi connectivity index (χ1n) is 6.87. The lowest BCUT2D eigenvalue weighted by molar-refractivity contribution is 0.0940. The largest absolute Gasteiger partial charge is 0.360 e. The molecule has 3 rings (SSSR count). The molecular weight excluding hydrogens is 256 g/mol. The fourth-order valence-corrected chi connectivity index (χ4v) is 2.57. The second kappa shape index (κ2) is 5.11. The lowest BCUT2D eigenvalue weighted by Gasteiger charge is -2.16. The predicted molar refractivity (Wildman–Crippen MR) is 72.1 cm³/mol. The van der Waals surface area contributed by atoms with Crippen molar-refractivity contribution in [1.82, 2.24) is 20.3 Å². The Morgan fingerprint density at radius 2 is 2.45 bits per heavy atom. The van der Waals surface area contributed by atoms with Crippen molar-refractivity contribution >= 4 is 5.91 Å². The van der Waals surface area contributed by atoms with Crippen LogP contribution < -0.4 is 5.32 Å². The van der Waals surface area contributed by atoms with E-state index in [0.29, 0.717) is 18.2 Å². The summed E-state index contributed by atoms with van der Waals surface area (Å²) in [5.74, 6) is 1.25. The number of rotatable bonds is 3. The molecule has 6 heteroatoms. The molecule has 2 heterocycles. The number of hydrogen-bond acceptors (Lipinski definition) is 4. The van der Waals surface area contributed by atoms with Crippen LogP contribution in [0.2, 0.25) is 0 Å². The molecule has 1 aliphatic rings. The second-order valence-electron chi connectivity index (χ2n) is 5.44. The number of nitrogens with zero attached hydrogens (tertiary/aromatic N) is 3. The third-order valence-electron chi connectivity index (χ3n) is 3.70. The topological polar surface area (TPSA) is 73.0 Å². The molecule has 20 heavy (non-hydrogen) atoms. The van der Waals surface area contributed by atoms with Crippen LogP contribution in [-0.2, 0) is 26.4 Å². The van der Waals surface area contributed by atoms with Crippen LogP contribution in [-0.4, -0.2) is 20.8 Å². The molecule has 1 unspecified atom stereocenters. The number of fused-ring (bicyclic) bond motifs is 1. The van der Waals surface area contributed by atoms with Gasteiger partial charge in [0.1, 0.15) is 5.76 Å². The zero-order valence-corrected chi connectivity index (χ0v) is 11.7. The van der Waals surface area contributed by atoms with Crippen molar-refractivity contribution in [2.75, 3.05) is 0 Å². The molecule has 1 N–H and O–H groups in total. The number of amides is 1. The summed E-state index contributed by atoms with van der Waals surface area (Å²) in [5.41, 5.74) is 2.23. The molecule has 2 aromatic heterocycles. The average molecular weight is 274 g/mol. The number of aryl methyl sites for hydroxylation is 2. The molecule has 1 atom stereocenters. The second-order valence-corrected chi connectivity index (χ2v) is 5.44. The van der Waals surface area contributed by atoms with Crippen molar-refractivity contribution in [2.45, 2.75) is 32.7 Å². The van der Waals surface area contributed by atoms with Crippen LogP contribution >= 0.6 is 0 Å². The van der Waals surface area contributed by atoms with E-state index in [2.05, 4.69) is 22.5 Å². The average Bonchev–Trinajstić information content (AvgIpc) is 3.02. The SMILES string of the molecule is CC1CCc2onc(C(=O)NCc3ccn(C)n3)c2C1. The highest BCUT2D eigenvalue weighted by Gasteiger charge is 2.26. The van der Waals surface area contributed by atoms with E-state index in [4.69, 9.17) is 4.52 Å². The standard InChI is InChI=1S/C14H18N4O2/c1-9-3-4-12-11(7-9)13(17-20-12)14(19)15-8-10-5-6-18(2)16-10/h5-6,9H,3-4,7-8H2,1-2H3,(H,15,19). The van der Waals surface area contributed by atoms with E-state index in [9.17, 15) is 4.79 Å². The Kier molecular flexibility index (Phi) is 3.30. The molecule has 0 saturated heterocycles. The zero-order chi connectivity index (χ0) is 14.1. The summed E-state index contributed by atoms with van der Waals surface area (Å²) in [5, 5.41) is 11.0. The molecular formula is C14H18N4O2. The van der Waals surface area contributed by atoms with Crippen LogP contribution in [0.1, 0.15) is 40.9 Å². The first-order chi connectivity index (χ1) is 9.63. The Bertz CT molecular complexity index is 629. The molecule has 0 aromatic carbocycles. The van der Waals surface area contributed by atoms with E-state index in [1.54, 1.807) is 4.68 Å². The van der Waals surface area contributed by atoms with Gasteiger partial charge in [0.25, 0.3) is 5.91 Å². The van der Waals surface area contributed by atoms with E-state index >= 15 is 0 Å². The third-order valence-corrected chi connectivity index (χ3v) is 3.70. The van der Waals surface area contributed by atoms with Crippen LogP contribution in [0.15, 0.2) is 16.8 Å². The van der Waals surface area contributed by atoms with Gasteiger partial charge in [-0.1, -0.05) is 12.1 Å². The van der Waals surface area contributed by atoms with Crippen LogP contribution in [0.5, 0.6) is 0 Å². The Morgan fingerprint density at radius 3 is 3.20 bits per heavy atom. The molecule has 2 aromatic rings. The highest BCUT2D eigenvalue weighted by molar-refractivity contribution is 5.93. The summed E-state index contributed by atoms with van der Waals surface area (Å²) < 4.78 is 6.99. The highest BCUT2D eigenvalue weighted by Crippen LogP contribution is 2.27. The van der Waals surface area contributed by atoms with Crippen LogP contribution in [0, 0.1) is 5.92 Å². The fourth-order valence-electron chi connectivity index (χ4n) is 2.57. The summed E-state index contributed by atoms with van der Waals surface area (Å²) in [6.07, 6.45) is 4.68. The number of carbonyl (C=O) groups excluding carboxylic acids is 1. The van der Waals surface area contributed by atoms with E-state index in [0.717, 1.165) is 36.3 Å². The van der Waals surface area contributed by atoms with Crippen molar-refractivity contribution in [3.05, 3.63) is 35.0 Å². The Hall–Kier alpha value is -2.11. The van der Waals surface area contributed by atoms with Gasteiger partial charge in [0.15, 0.2) is 5.69 Å². The van der Waals surface area contributed by atoms with Crippen molar-refractivity contribution < 1.29 is 9.32 Å². The molecule has 0 spiro atoms. The van der Waals surface area contributed by atoms with E-state index < -0.39 is 0 Å². The first kappa shape index (κ1) is 12.9. The maximum Gasteiger partial charge on any atom is 0.274 e. The zero-order valence-electron chi connectivity index (χ0n) is 11.7. The maximum atomic E-state index is 12.2. The van der Waals surface area contributed by atoms with Crippen LogP contribution in [0.3, 0.4) is 0 Å². The molecule has 0 radical (unpaired) electrons. The maximum absolute atomic E-state index is 12.2. The van der Waals surface area contributed by atoms with E-state index in [1.165, 1.54) is 0 Å². The van der Waals surface area contributed by atoms with E-state index in [-0.39, 0.29) is 5.91 Å². The van der Waals surface area contributed by atoms with Gasteiger partial charge in [-0.2, -0.15) is 5.10 Å². The highest BCUT2D eigenvalue weighted by atomic mass is 16.5. The lowest BCUT2D eigenvalue weighted by Crippen LogP contribution is -2.25. The number of aromatic nitrogens is 3. The molecule has 0 fully saturated rings. The Morgan fingerprint density at radius 1 is 1.60 bits per heavy atom. The van der Waals surface area contributed by atoms with Crippen LogP contribution in [0.25, 0.3) is 0 Å². The van der Waals surface area contributed by atoms with Gasteiger partial charge < -0.3 is 9.84 Å². The summed E-state index contributed by atoms with van der Waals surface area (Å²) in [7, 11) is 1.85. The van der Waals surface area contributed by atoms with Gasteiger partial charge in [-0.3, -0.25) is 9.48 Å². The Labute approximate surface area is 117 Å². The Balaban J connectivity index is 1.70. The van der Waals surface area contributed by atoms with Gasteiger partial charge in [0.05, 0.1) is 12.2 Å². The van der Waals surface area contributed by atoms with Gasteiger partial charge >= 0.3 is 0 Å². The molecule has 106 valence electrons. The van der Waals surface area contributed by atoms with E-state index in [1.807, 2.05) is 19.3 Å². The van der Waals surface area contributed by atoms with Gasteiger partial charge in [0, 0.05) is 25.2 Å². The molecule has 0 bridgehead atoms. The summed E-state index contributed by atoms with van der Waals surface area (Å²) in [6, 6.07) is 1.88. The van der Waals surface area contributed by atoms with Gasteiger partial charge in [-0.05, 0) is 24.8 Å². The van der Waals surface area contributed by atoms with Crippen molar-refractivity contribution in [3.63, 3.8) is 0 Å². The molecule has 1 amide bonds. The first-order valence-corrected chi connectivity index (χ1v) is 6.87. The number of nitrogens with one attached hydrogen (secondary N) is 1. The predicted octanol–water partition coefficient (Wildman–Crippen LogP) is 1.46. The monoisotopic (exact) mass is 274 g/mol. The molecule has 0 saturated carbocycles. The quantitative estimate of drug-likeness (QED) is 0.919. The molecule has 6 nitrogen and oxygen atoms in total. The summed E-state index contributed by atoms with van der Waals surface area (Å²) >= 11 is 0. The number of hydrogen-bond donors (Lipinski definition) is 1. The van der Waals surface area contributed by atoms with Crippen molar-refractivity contribution in [1.29, 1.82) is 0 Å². The van der Waals surface area contributed by atoms with Crippen molar-refractivity contribution in [3.8, 4) is 0 Å². The van der Waals surface area contributed by atoms with Gasteiger partial charge in [-0.15, -0.1) is 0 Å². The lowest BCUT2D eigenvalue weighted by atomic mass is 9.88. The number of carbonyl (C=O) groups is 1. The fraction of sp³-hybridized carbons (Fsp3) is 0.500. The summed E-state index contributed by atoms with van der Waals surface area (Å²) in [6.45, 7) is 2.59. The minimum atomic E-state index is -0.185. The molecule has 1 aliphatic carbocycles. The normalized spacial score (nSPS) is 17.8. The van der Waals surface area contributed by atoms with Crippen LogP contribution in [0.4, 0.5) is 0 Å². The van der Waals surface area contributed by atoms with Gasteiger partial charge in [0.2, 0.25) is 0 Å². The summed E-state index contributed by atoms with van der Waals surface area (Å²) in [4.78, 5) is 12.2. The van der Waals surface area contributed by atoms with Gasteiger partial charge in [-0.25, -0.2) is 0 Å². The molecule has 0 aliphatic heterocycles. The minimum Gasteiger partial charge on any atom is -0.360 e. The third kappa shape index (κ3) is 2.45. The van der Waals surface area contributed by atoms with Crippen molar-refractivity contribution in [2.24, 2.45) is 13.0 Å².